The number of esters is 1. The number of carbonyl (C=O) groups is 1. The normalized spacial score (nSPS) is 19.3. The first-order chi connectivity index (χ1) is 9.17. The van der Waals surface area contributed by atoms with Crippen LogP contribution in [-0.2, 0) is 9.47 Å². The molecular formula is C13H19N3O3. The maximum atomic E-state index is 11.6. The summed E-state index contributed by atoms with van der Waals surface area (Å²) in [5, 5.41) is 0. The van der Waals surface area contributed by atoms with Gasteiger partial charge in [-0.15, -0.1) is 0 Å². The van der Waals surface area contributed by atoms with Gasteiger partial charge in [0.25, 0.3) is 0 Å². The molecule has 1 aromatic heterocycles. The number of hydrogen-bond donors (Lipinski definition) is 1. The van der Waals surface area contributed by atoms with Crippen molar-refractivity contribution in [1.29, 1.82) is 0 Å². The number of nitrogens with two attached hydrogens (primary N) is 1. The summed E-state index contributed by atoms with van der Waals surface area (Å²) in [6, 6.07) is 1.57. The number of nitrogens with zero attached hydrogens (tertiary/aromatic N) is 2. The Morgan fingerprint density at radius 3 is 3.16 bits per heavy atom. The van der Waals surface area contributed by atoms with Crippen LogP contribution >= 0.6 is 0 Å². The van der Waals surface area contributed by atoms with Crippen LogP contribution in [0.25, 0.3) is 0 Å². The van der Waals surface area contributed by atoms with Crippen molar-refractivity contribution in [3.63, 3.8) is 0 Å². The van der Waals surface area contributed by atoms with E-state index in [0.29, 0.717) is 23.7 Å². The molecule has 1 aliphatic rings. The molecule has 0 spiro atoms. The number of carbonyl (C=O) groups excluding carboxylic acids is 1. The number of pyridine rings is 1. The van der Waals surface area contributed by atoms with Gasteiger partial charge >= 0.3 is 5.97 Å². The lowest BCUT2D eigenvalue weighted by molar-refractivity contribution is 0.0382. The predicted octanol–water partition coefficient (Wildman–Crippen LogP) is 1.07. The van der Waals surface area contributed by atoms with Gasteiger partial charge < -0.3 is 20.1 Å². The van der Waals surface area contributed by atoms with Crippen molar-refractivity contribution >= 4 is 17.5 Å². The van der Waals surface area contributed by atoms with E-state index < -0.39 is 5.97 Å². The highest BCUT2D eigenvalue weighted by molar-refractivity contribution is 5.97. The second kappa shape index (κ2) is 5.88. The van der Waals surface area contributed by atoms with Crippen LogP contribution in [0.2, 0.25) is 0 Å². The van der Waals surface area contributed by atoms with Gasteiger partial charge in [-0.05, 0) is 12.5 Å². The van der Waals surface area contributed by atoms with Crippen LogP contribution in [0.3, 0.4) is 0 Å². The monoisotopic (exact) mass is 265 g/mol. The Morgan fingerprint density at radius 2 is 2.47 bits per heavy atom. The highest BCUT2D eigenvalue weighted by Crippen LogP contribution is 2.26. The number of hydrogen-bond acceptors (Lipinski definition) is 6. The molecular weight excluding hydrogens is 246 g/mol. The number of ether oxygens (including phenoxy) is 2. The van der Waals surface area contributed by atoms with Gasteiger partial charge in [0.2, 0.25) is 0 Å². The van der Waals surface area contributed by atoms with Crippen LogP contribution in [0.15, 0.2) is 12.3 Å². The number of methoxy groups -OCH3 is 1. The first-order valence-electron chi connectivity index (χ1n) is 6.36. The third-order valence-electron chi connectivity index (χ3n) is 3.27. The zero-order chi connectivity index (χ0) is 13.8. The minimum absolute atomic E-state index is 0.178. The maximum Gasteiger partial charge on any atom is 0.340 e. The molecule has 1 fully saturated rings. The molecule has 1 aliphatic heterocycles. The Labute approximate surface area is 112 Å². The maximum absolute atomic E-state index is 11.6. The fourth-order valence-electron chi connectivity index (χ4n) is 2.16. The molecule has 1 saturated heterocycles. The van der Waals surface area contributed by atoms with Gasteiger partial charge in [-0.25, -0.2) is 9.78 Å². The zero-order valence-corrected chi connectivity index (χ0v) is 11.3. The standard InChI is InChI=1S/C13H19N3O3/c1-3-9-8-16(6-7-19-9)12-11(14)10(4-5-15-12)13(17)18-2/h4-5,9H,3,6-8,14H2,1-2H3. The van der Waals surface area contributed by atoms with E-state index in [9.17, 15) is 4.79 Å². The molecule has 6 nitrogen and oxygen atoms in total. The average Bonchev–Trinajstić information content (AvgIpc) is 2.46. The van der Waals surface area contributed by atoms with Gasteiger partial charge in [0, 0.05) is 19.3 Å². The molecule has 0 amide bonds. The van der Waals surface area contributed by atoms with Crippen LogP contribution in [0.5, 0.6) is 0 Å². The molecule has 104 valence electrons. The predicted molar refractivity (Wildman–Crippen MR) is 72.2 cm³/mol. The molecule has 2 heterocycles. The molecule has 0 saturated carbocycles. The number of nitrogen functional groups attached to an aromatic ring is 1. The van der Waals surface area contributed by atoms with Crippen molar-refractivity contribution in [3.05, 3.63) is 17.8 Å². The highest BCUT2D eigenvalue weighted by Gasteiger charge is 2.23. The number of morpholine rings is 1. The van der Waals surface area contributed by atoms with Crippen LogP contribution in [0, 0.1) is 0 Å². The van der Waals surface area contributed by atoms with Crippen LogP contribution in [0.1, 0.15) is 23.7 Å². The van der Waals surface area contributed by atoms with Crippen LogP contribution in [-0.4, -0.2) is 43.9 Å². The molecule has 2 N–H and O–H groups in total. The van der Waals surface area contributed by atoms with Crippen molar-refractivity contribution in [2.24, 2.45) is 0 Å². The summed E-state index contributed by atoms with van der Waals surface area (Å²) in [7, 11) is 1.34. The lowest BCUT2D eigenvalue weighted by Gasteiger charge is -2.34. The highest BCUT2D eigenvalue weighted by atomic mass is 16.5. The second-order valence-electron chi connectivity index (χ2n) is 4.43. The second-order valence-corrected chi connectivity index (χ2v) is 4.43. The molecule has 19 heavy (non-hydrogen) atoms. The summed E-state index contributed by atoms with van der Waals surface area (Å²) in [5.41, 5.74) is 6.75. The van der Waals surface area contributed by atoms with Crippen LogP contribution in [0.4, 0.5) is 11.5 Å². The third-order valence-corrected chi connectivity index (χ3v) is 3.27. The van der Waals surface area contributed by atoms with E-state index in [1.54, 1.807) is 12.3 Å². The average molecular weight is 265 g/mol. The van der Waals surface area contributed by atoms with E-state index in [1.807, 2.05) is 0 Å². The van der Waals surface area contributed by atoms with Crippen molar-refractivity contribution in [2.45, 2.75) is 19.4 Å². The van der Waals surface area contributed by atoms with E-state index in [2.05, 4.69) is 16.8 Å². The Bertz CT molecular complexity index is 464. The number of anilines is 2. The largest absolute Gasteiger partial charge is 0.465 e. The molecule has 0 radical (unpaired) electrons. The molecule has 0 bridgehead atoms. The lowest BCUT2D eigenvalue weighted by atomic mass is 10.2. The molecule has 1 atom stereocenters. The molecule has 6 heteroatoms. The summed E-state index contributed by atoms with van der Waals surface area (Å²) in [6.45, 7) is 4.18. The molecule has 1 aromatic rings. The Balaban J connectivity index is 2.27. The Hall–Kier alpha value is -1.82. The first kappa shape index (κ1) is 13.6. The summed E-state index contributed by atoms with van der Waals surface area (Å²) in [6.07, 6.45) is 2.69. The van der Waals surface area contributed by atoms with E-state index in [1.165, 1.54) is 7.11 Å². The third kappa shape index (κ3) is 2.78. The lowest BCUT2D eigenvalue weighted by Crippen LogP contribution is -2.43. The van der Waals surface area contributed by atoms with E-state index in [0.717, 1.165) is 19.5 Å². The Kier molecular flexibility index (Phi) is 4.21. The number of rotatable bonds is 3. The van der Waals surface area contributed by atoms with Gasteiger partial charge in [-0.1, -0.05) is 6.92 Å². The van der Waals surface area contributed by atoms with Crippen molar-refractivity contribution in [3.8, 4) is 0 Å². The van der Waals surface area contributed by atoms with Crippen molar-refractivity contribution < 1.29 is 14.3 Å². The molecule has 2 rings (SSSR count). The smallest absolute Gasteiger partial charge is 0.340 e. The SMILES string of the molecule is CCC1CN(c2nccc(C(=O)OC)c2N)CCO1. The summed E-state index contributed by atoms with van der Waals surface area (Å²) in [5.74, 6) is 0.186. The van der Waals surface area contributed by atoms with E-state index >= 15 is 0 Å². The molecule has 0 aromatic carbocycles. The fraction of sp³-hybridized carbons (Fsp3) is 0.538. The van der Waals surface area contributed by atoms with Gasteiger partial charge in [0.1, 0.15) is 0 Å². The van der Waals surface area contributed by atoms with Gasteiger partial charge in [-0.2, -0.15) is 0 Å². The van der Waals surface area contributed by atoms with E-state index in [4.69, 9.17) is 15.2 Å². The zero-order valence-electron chi connectivity index (χ0n) is 11.3. The van der Waals surface area contributed by atoms with Gasteiger partial charge in [-0.3, -0.25) is 0 Å². The van der Waals surface area contributed by atoms with Crippen molar-refractivity contribution in [1.82, 2.24) is 4.98 Å². The van der Waals surface area contributed by atoms with Gasteiger partial charge in [0.05, 0.1) is 31.1 Å². The quantitative estimate of drug-likeness (QED) is 0.824. The Morgan fingerprint density at radius 1 is 1.68 bits per heavy atom. The summed E-state index contributed by atoms with van der Waals surface area (Å²) < 4.78 is 10.3. The van der Waals surface area contributed by atoms with E-state index in [-0.39, 0.29) is 6.10 Å². The molecule has 1 unspecified atom stereocenters. The number of aromatic nitrogens is 1. The first-order valence-corrected chi connectivity index (χ1v) is 6.36. The minimum atomic E-state index is -0.443. The topological polar surface area (TPSA) is 77.7 Å². The summed E-state index contributed by atoms with van der Waals surface area (Å²) in [4.78, 5) is 18.0. The fourth-order valence-corrected chi connectivity index (χ4v) is 2.16. The van der Waals surface area contributed by atoms with Crippen molar-refractivity contribution in [2.75, 3.05) is 37.4 Å². The molecule has 0 aliphatic carbocycles. The van der Waals surface area contributed by atoms with Crippen LogP contribution < -0.4 is 10.6 Å². The minimum Gasteiger partial charge on any atom is -0.465 e. The summed E-state index contributed by atoms with van der Waals surface area (Å²) >= 11 is 0. The van der Waals surface area contributed by atoms with Gasteiger partial charge in [0.15, 0.2) is 5.82 Å².